The zero-order valence-corrected chi connectivity index (χ0v) is 21.5. The Balaban J connectivity index is 1.82. The van der Waals surface area contributed by atoms with Gasteiger partial charge in [-0.3, -0.25) is 14.8 Å². The van der Waals surface area contributed by atoms with Gasteiger partial charge in [0.1, 0.15) is 0 Å². The van der Waals surface area contributed by atoms with Gasteiger partial charge in [-0.2, -0.15) is 0 Å². The molecule has 7 nitrogen and oxygen atoms in total. The molecule has 1 atom stereocenters. The maximum absolute atomic E-state index is 13.9. The first-order valence-corrected chi connectivity index (χ1v) is 12.4. The molecule has 1 amide bonds. The molecule has 0 aliphatic rings. The Kier molecular flexibility index (Phi) is 10.7. The topological polar surface area (TPSA) is 86.5 Å². The lowest BCUT2D eigenvalue weighted by molar-refractivity contribution is -0.107. The molecule has 0 saturated carbocycles. The highest BCUT2D eigenvalue weighted by atomic mass is 19.2. The van der Waals surface area contributed by atoms with E-state index < -0.39 is 17.5 Å². The van der Waals surface area contributed by atoms with E-state index in [1.807, 2.05) is 44.4 Å². The molecule has 0 fully saturated rings. The minimum absolute atomic E-state index is 0.0350. The van der Waals surface area contributed by atoms with Gasteiger partial charge < -0.3 is 15.5 Å². The lowest BCUT2D eigenvalue weighted by atomic mass is 10.0. The minimum Gasteiger partial charge on any atom is -0.386 e. The number of hydrazine groups is 1. The normalized spacial score (nSPS) is 12.2. The molecule has 1 aromatic heterocycles. The molecule has 202 valence electrons. The van der Waals surface area contributed by atoms with Gasteiger partial charge in [0.2, 0.25) is 6.41 Å². The van der Waals surface area contributed by atoms with Gasteiger partial charge in [0, 0.05) is 43.2 Å². The summed E-state index contributed by atoms with van der Waals surface area (Å²) in [4.78, 5) is 17.9. The van der Waals surface area contributed by atoms with Crippen LogP contribution in [-0.4, -0.2) is 38.1 Å². The third kappa shape index (κ3) is 7.11. The molecule has 1 unspecified atom stereocenters. The van der Waals surface area contributed by atoms with Crippen molar-refractivity contribution in [3.8, 4) is 0 Å². The number of nitrogens with two attached hydrogens (primary N) is 1. The number of pyridine rings is 1. The number of aromatic nitrogens is 1. The first-order valence-electron chi connectivity index (χ1n) is 12.4. The molecule has 3 rings (SSSR count). The van der Waals surface area contributed by atoms with Gasteiger partial charge in [0.05, 0.1) is 22.8 Å². The summed E-state index contributed by atoms with van der Waals surface area (Å²) in [6, 6.07) is 12.7. The van der Waals surface area contributed by atoms with Crippen LogP contribution in [0, 0.1) is 17.5 Å². The van der Waals surface area contributed by atoms with Gasteiger partial charge in [0.15, 0.2) is 17.5 Å². The molecule has 1 heterocycles. The van der Waals surface area contributed by atoms with E-state index in [0.29, 0.717) is 30.5 Å². The van der Waals surface area contributed by atoms with Crippen LogP contribution >= 0.6 is 0 Å². The summed E-state index contributed by atoms with van der Waals surface area (Å²) < 4.78 is 41.3. The number of carbonyl (C=O) groups excluding carboxylic acids is 1. The summed E-state index contributed by atoms with van der Waals surface area (Å²) in [5.74, 6) is 2.06. The predicted molar refractivity (Wildman–Crippen MR) is 146 cm³/mol. The number of carbonyl (C=O) groups is 1. The summed E-state index contributed by atoms with van der Waals surface area (Å²) in [6.07, 6.45) is 8.58. The number of benzene rings is 2. The number of anilines is 3. The van der Waals surface area contributed by atoms with E-state index in [-0.39, 0.29) is 11.7 Å². The molecule has 3 aromatic rings. The quantitative estimate of drug-likeness (QED) is 0.0894. The van der Waals surface area contributed by atoms with Crippen molar-refractivity contribution in [2.75, 3.05) is 35.9 Å². The van der Waals surface area contributed by atoms with Crippen molar-refractivity contribution in [1.82, 2.24) is 10.3 Å². The second-order valence-electron chi connectivity index (χ2n) is 8.68. The van der Waals surface area contributed by atoms with Crippen LogP contribution in [-0.2, 0) is 4.79 Å². The second kappa shape index (κ2) is 14.2. The smallest absolute Gasteiger partial charge is 0.214 e. The number of hydrogen-bond donors (Lipinski definition) is 3. The number of rotatable bonds is 14. The Bertz CT molecular complexity index is 1200. The van der Waals surface area contributed by atoms with E-state index in [1.54, 1.807) is 29.4 Å². The number of hydrogen-bond acceptors (Lipinski definition) is 6. The summed E-state index contributed by atoms with van der Waals surface area (Å²) in [7, 11) is 3.68. The Morgan fingerprint density at radius 2 is 1.74 bits per heavy atom. The van der Waals surface area contributed by atoms with Gasteiger partial charge in [-0.1, -0.05) is 18.2 Å². The molecule has 0 bridgehead atoms. The van der Waals surface area contributed by atoms with Gasteiger partial charge in [-0.25, -0.2) is 19.0 Å². The molecular weight excluding hydrogens is 493 g/mol. The fourth-order valence-electron chi connectivity index (χ4n) is 4.27. The average molecular weight is 527 g/mol. The number of allylic oxidation sites excluding steroid dienone is 1. The fraction of sp³-hybridized carbons (Fsp3) is 0.286. The van der Waals surface area contributed by atoms with Crippen molar-refractivity contribution in [3.05, 3.63) is 90.0 Å². The van der Waals surface area contributed by atoms with Crippen LogP contribution in [0.4, 0.5) is 30.2 Å². The first-order chi connectivity index (χ1) is 18.4. The Labute approximate surface area is 221 Å². The van der Waals surface area contributed by atoms with Gasteiger partial charge in [0.25, 0.3) is 0 Å². The van der Waals surface area contributed by atoms with E-state index in [0.717, 1.165) is 47.9 Å². The largest absolute Gasteiger partial charge is 0.386 e. The number of amides is 1. The maximum Gasteiger partial charge on any atom is 0.214 e. The monoisotopic (exact) mass is 526 g/mol. The van der Waals surface area contributed by atoms with Crippen LogP contribution < -0.4 is 26.4 Å². The van der Waals surface area contributed by atoms with Gasteiger partial charge >= 0.3 is 0 Å². The van der Waals surface area contributed by atoms with Crippen LogP contribution in [0.25, 0.3) is 5.70 Å². The highest BCUT2D eigenvalue weighted by Gasteiger charge is 2.21. The number of para-hydroxylation sites is 2. The van der Waals surface area contributed by atoms with Crippen molar-refractivity contribution < 1.29 is 18.0 Å². The summed E-state index contributed by atoms with van der Waals surface area (Å²) in [6.45, 7) is 0.729. The molecule has 0 aliphatic carbocycles. The number of halogens is 3. The lowest BCUT2D eigenvalue weighted by Crippen LogP contribution is -2.36. The van der Waals surface area contributed by atoms with E-state index in [1.165, 1.54) is 0 Å². The van der Waals surface area contributed by atoms with E-state index in [2.05, 4.69) is 15.6 Å². The minimum atomic E-state index is -1.55. The molecule has 4 N–H and O–H groups in total. The van der Waals surface area contributed by atoms with Crippen LogP contribution in [0.1, 0.15) is 31.2 Å². The summed E-state index contributed by atoms with van der Waals surface area (Å²) in [5.41, 5.74) is 2.78. The Hall–Kier alpha value is -3.89. The standard InChI is InChI=1S/C28H33F3N6O/c1-33-14-13-21(36(19-38)27-10-6-4-8-25(27)34-2)7-3-5-9-26(20-11-15-35-16-12-20)37(32)22-17-23(29)28(31)24(30)18-22/h4,6,8-12,15-19,21,33-34H,3,5,7,13-14,32H2,1-2H3/b26-9-. The molecule has 38 heavy (non-hydrogen) atoms. The highest BCUT2D eigenvalue weighted by molar-refractivity contribution is 5.84. The molecular formula is C28H33F3N6O. The van der Waals surface area contributed by atoms with Crippen molar-refractivity contribution in [2.45, 2.75) is 31.7 Å². The third-order valence-corrected chi connectivity index (χ3v) is 6.25. The van der Waals surface area contributed by atoms with Crippen molar-refractivity contribution in [2.24, 2.45) is 5.84 Å². The van der Waals surface area contributed by atoms with E-state index in [9.17, 15) is 18.0 Å². The predicted octanol–water partition coefficient (Wildman–Crippen LogP) is 5.07. The zero-order chi connectivity index (χ0) is 27.5. The molecule has 0 saturated heterocycles. The molecule has 10 heteroatoms. The Morgan fingerprint density at radius 3 is 2.37 bits per heavy atom. The van der Waals surface area contributed by atoms with E-state index >= 15 is 0 Å². The molecule has 0 aliphatic heterocycles. The number of unbranched alkanes of at least 4 members (excludes halogenated alkanes) is 1. The highest BCUT2D eigenvalue weighted by Crippen LogP contribution is 2.30. The van der Waals surface area contributed by atoms with Crippen LogP contribution in [0.15, 0.2) is 67.0 Å². The number of nitrogens with zero attached hydrogens (tertiary/aromatic N) is 3. The lowest BCUT2D eigenvalue weighted by Gasteiger charge is -2.30. The van der Waals surface area contributed by atoms with Crippen molar-refractivity contribution in [1.29, 1.82) is 0 Å². The average Bonchev–Trinajstić information content (AvgIpc) is 2.94. The van der Waals surface area contributed by atoms with Gasteiger partial charge in [-0.15, -0.1) is 0 Å². The Morgan fingerprint density at radius 1 is 1.05 bits per heavy atom. The molecule has 0 radical (unpaired) electrons. The summed E-state index contributed by atoms with van der Waals surface area (Å²) >= 11 is 0. The van der Waals surface area contributed by atoms with Crippen LogP contribution in [0.3, 0.4) is 0 Å². The fourth-order valence-corrected chi connectivity index (χ4v) is 4.27. The van der Waals surface area contributed by atoms with Crippen LogP contribution in [0.5, 0.6) is 0 Å². The molecule has 0 spiro atoms. The molecule has 2 aromatic carbocycles. The zero-order valence-electron chi connectivity index (χ0n) is 21.5. The first kappa shape index (κ1) is 28.7. The number of nitrogens with one attached hydrogen (secondary N) is 2. The second-order valence-corrected chi connectivity index (χ2v) is 8.68. The van der Waals surface area contributed by atoms with E-state index in [4.69, 9.17) is 5.84 Å². The van der Waals surface area contributed by atoms with Gasteiger partial charge in [-0.05, 0) is 63.5 Å². The van der Waals surface area contributed by atoms with Crippen LogP contribution in [0.2, 0.25) is 0 Å². The van der Waals surface area contributed by atoms with Crippen molar-refractivity contribution in [3.63, 3.8) is 0 Å². The third-order valence-electron chi connectivity index (χ3n) is 6.25. The SMILES string of the molecule is CNCCC(CCC/C=C(/c1ccncc1)N(N)c1cc(F)c(F)c(F)c1)N(C=O)c1ccccc1NC. The maximum atomic E-state index is 13.9. The van der Waals surface area contributed by atoms with Crippen molar-refractivity contribution >= 4 is 29.2 Å². The summed E-state index contributed by atoms with van der Waals surface area (Å²) in [5, 5.41) is 7.41.